The van der Waals surface area contributed by atoms with Crippen LogP contribution in [0.5, 0.6) is 5.75 Å². The molecule has 112 valence electrons. The summed E-state index contributed by atoms with van der Waals surface area (Å²) in [6.07, 6.45) is 4.90. The summed E-state index contributed by atoms with van der Waals surface area (Å²) in [5, 5.41) is 0. The van der Waals surface area contributed by atoms with Crippen LogP contribution in [0.4, 0.5) is 0 Å². The van der Waals surface area contributed by atoms with E-state index in [9.17, 15) is 4.79 Å². The number of hydrogen-bond donors (Lipinski definition) is 0. The van der Waals surface area contributed by atoms with Crippen LogP contribution in [0.3, 0.4) is 0 Å². The van der Waals surface area contributed by atoms with E-state index in [1.54, 1.807) is 6.92 Å². The van der Waals surface area contributed by atoms with Gasteiger partial charge in [0.15, 0.2) is 4.90 Å². The fourth-order valence-electron chi connectivity index (χ4n) is 0.974. The van der Waals surface area contributed by atoms with Crippen LogP contribution in [-0.2, 0) is 25.8 Å². The van der Waals surface area contributed by atoms with Crippen LogP contribution < -0.4 is 4.74 Å². The predicted octanol–water partition coefficient (Wildman–Crippen LogP) is 1.57. The highest BCUT2D eigenvalue weighted by molar-refractivity contribution is 7.95. The minimum Gasteiger partial charge on any atom is -0.748 e. The second kappa shape index (κ2) is 8.08. The Balaban J connectivity index is 0.000000621. The highest BCUT2D eigenvalue weighted by atomic mass is 32.2. The van der Waals surface area contributed by atoms with Gasteiger partial charge < -0.3 is 9.29 Å². The SMILES string of the molecule is C=C(C)C(=O)Oc1ccc([S+](C)C)cc1.CS(=O)(=O)[O-]. The molecule has 0 atom stereocenters. The largest absolute Gasteiger partial charge is 0.748 e. The molecule has 1 aromatic carbocycles. The quantitative estimate of drug-likeness (QED) is 0.278. The first kappa shape index (κ1) is 18.7. The summed E-state index contributed by atoms with van der Waals surface area (Å²) in [5.74, 6) is 0.187. The first-order valence-electron chi connectivity index (χ1n) is 5.47. The zero-order chi connectivity index (χ0) is 15.9. The van der Waals surface area contributed by atoms with Crippen molar-refractivity contribution in [3.8, 4) is 5.75 Å². The summed E-state index contributed by atoms with van der Waals surface area (Å²) in [5.41, 5.74) is 0.407. The summed E-state index contributed by atoms with van der Waals surface area (Å²) in [4.78, 5) is 12.5. The van der Waals surface area contributed by atoms with E-state index in [4.69, 9.17) is 17.7 Å². The summed E-state index contributed by atoms with van der Waals surface area (Å²) in [6.45, 7) is 5.15. The Hall–Kier alpha value is -1.31. The lowest BCUT2D eigenvalue weighted by atomic mass is 10.3. The summed E-state index contributed by atoms with van der Waals surface area (Å²) in [6, 6.07) is 7.57. The molecule has 0 aliphatic rings. The molecule has 5 nitrogen and oxygen atoms in total. The molecule has 0 fully saturated rings. The van der Waals surface area contributed by atoms with Gasteiger partial charge in [0.1, 0.15) is 18.3 Å². The van der Waals surface area contributed by atoms with Crippen molar-refractivity contribution in [2.75, 3.05) is 18.8 Å². The highest BCUT2D eigenvalue weighted by Gasteiger charge is 2.09. The van der Waals surface area contributed by atoms with Crippen molar-refractivity contribution in [1.29, 1.82) is 0 Å². The van der Waals surface area contributed by atoms with Crippen LogP contribution >= 0.6 is 0 Å². The summed E-state index contributed by atoms with van der Waals surface area (Å²) < 4.78 is 32.3. The average molecular weight is 318 g/mol. The van der Waals surface area contributed by atoms with E-state index < -0.39 is 10.1 Å². The van der Waals surface area contributed by atoms with Crippen molar-refractivity contribution in [3.63, 3.8) is 0 Å². The second-order valence-electron chi connectivity index (χ2n) is 4.16. The first-order chi connectivity index (χ1) is 9.00. The van der Waals surface area contributed by atoms with E-state index >= 15 is 0 Å². The minimum atomic E-state index is -3.92. The van der Waals surface area contributed by atoms with Gasteiger partial charge in [0, 0.05) is 22.7 Å². The highest BCUT2D eigenvalue weighted by Crippen LogP contribution is 2.16. The molecule has 0 aliphatic carbocycles. The van der Waals surface area contributed by atoms with Gasteiger partial charge in [-0.15, -0.1) is 0 Å². The monoisotopic (exact) mass is 318 g/mol. The van der Waals surface area contributed by atoms with Gasteiger partial charge in [-0.3, -0.25) is 0 Å². The van der Waals surface area contributed by atoms with Gasteiger partial charge in [-0.05, 0) is 31.2 Å². The van der Waals surface area contributed by atoms with Gasteiger partial charge in [-0.1, -0.05) is 6.58 Å². The molecular formula is C13H18O5S2. The molecule has 0 spiro atoms. The number of carbonyl (C=O) groups is 1. The van der Waals surface area contributed by atoms with Gasteiger partial charge in [-0.2, -0.15) is 0 Å². The molecule has 0 radical (unpaired) electrons. The topological polar surface area (TPSA) is 83.5 Å². The zero-order valence-corrected chi connectivity index (χ0v) is 13.5. The lowest BCUT2D eigenvalue weighted by molar-refractivity contribution is -0.130. The molecule has 0 aromatic heterocycles. The fourth-order valence-corrected chi connectivity index (χ4v) is 1.65. The molecular weight excluding hydrogens is 300 g/mol. The molecule has 0 saturated carbocycles. The van der Waals surface area contributed by atoms with Crippen molar-refractivity contribution >= 4 is 27.0 Å². The summed E-state index contributed by atoms with van der Waals surface area (Å²) in [7, 11) is -3.68. The van der Waals surface area contributed by atoms with E-state index in [0.717, 1.165) is 0 Å². The van der Waals surface area contributed by atoms with E-state index in [1.165, 1.54) is 4.90 Å². The van der Waals surface area contributed by atoms with Gasteiger partial charge in [0.2, 0.25) is 0 Å². The lowest BCUT2D eigenvalue weighted by Gasteiger charge is -2.03. The molecule has 0 N–H and O–H groups in total. The van der Waals surface area contributed by atoms with Crippen molar-refractivity contribution in [2.24, 2.45) is 0 Å². The third kappa shape index (κ3) is 9.60. The van der Waals surface area contributed by atoms with E-state index in [0.29, 0.717) is 17.6 Å². The van der Waals surface area contributed by atoms with Gasteiger partial charge in [0.25, 0.3) is 0 Å². The van der Waals surface area contributed by atoms with Crippen LogP contribution in [0.2, 0.25) is 0 Å². The first-order valence-corrected chi connectivity index (χ1v) is 9.32. The second-order valence-corrected chi connectivity index (χ2v) is 7.67. The molecule has 20 heavy (non-hydrogen) atoms. The van der Waals surface area contributed by atoms with Crippen molar-refractivity contribution in [3.05, 3.63) is 36.4 Å². The van der Waals surface area contributed by atoms with Gasteiger partial charge in [0.05, 0.1) is 10.1 Å². The van der Waals surface area contributed by atoms with Gasteiger partial charge >= 0.3 is 5.97 Å². The molecule has 0 unspecified atom stereocenters. The Morgan fingerprint density at radius 3 is 1.95 bits per heavy atom. The molecule has 0 bridgehead atoms. The van der Waals surface area contributed by atoms with E-state index in [-0.39, 0.29) is 16.9 Å². The Labute approximate surface area is 122 Å². The lowest BCUT2D eigenvalue weighted by Crippen LogP contribution is -2.08. The Kier molecular flexibility index (Phi) is 7.55. The summed E-state index contributed by atoms with van der Waals surface area (Å²) >= 11 is 0. The molecule has 0 heterocycles. The predicted molar refractivity (Wildman–Crippen MR) is 80.0 cm³/mol. The van der Waals surface area contributed by atoms with Crippen molar-refractivity contribution in [1.82, 2.24) is 0 Å². The molecule has 0 saturated heterocycles. The Morgan fingerprint density at radius 1 is 1.25 bits per heavy atom. The zero-order valence-electron chi connectivity index (χ0n) is 11.9. The smallest absolute Gasteiger partial charge is 0.338 e. The standard InChI is InChI=1S/C12H15O2S.CH4O3S/c1-9(2)12(13)14-10-5-7-11(8-6-10)15(3)4;1-5(2,3)4/h5-8H,1H2,2-4H3;1H3,(H,2,3,4)/q+1;/p-1. The van der Waals surface area contributed by atoms with Gasteiger partial charge in [-0.25, -0.2) is 13.2 Å². The van der Waals surface area contributed by atoms with Crippen LogP contribution in [0.1, 0.15) is 6.92 Å². The number of benzene rings is 1. The maximum Gasteiger partial charge on any atom is 0.338 e. The van der Waals surface area contributed by atoms with E-state index in [2.05, 4.69) is 19.1 Å². The number of hydrogen-bond acceptors (Lipinski definition) is 5. The number of ether oxygens (including phenoxy) is 1. The Bertz CT molecular complexity index is 551. The minimum absolute atomic E-state index is 0.233. The van der Waals surface area contributed by atoms with Crippen molar-refractivity contribution in [2.45, 2.75) is 11.8 Å². The van der Waals surface area contributed by atoms with E-state index in [1.807, 2.05) is 24.3 Å². The maximum atomic E-state index is 11.2. The normalized spacial score (nSPS) is 10.5. The third-order valence-electron chi connectivity index (χ3n) is 1.85. The Morgan fingerprint density at radius 2 is 1.65 bits per heavy atom. The van der Waals surface area contributed by atoms with Crippen molar-refractivity contribution < 1.29 is 22.5 Å². The van der Waals surface area contributed by atoms with Crippen LogP contribution in [0.25, 0.3) is 0 Å². The van der Waals surface area contributed by atoms with Crippen LogP contribution in [-0.4, -0.2) is 37.7 Å². The molecule has 1 aromatic rings. The number of esters is 1. The fraction of sp³-hybridized carbons (Fsp3) is 0.308. The van der Waals surface area contributed by atoms with Crippen LogP contribution in [0, 0.1) is 0 Å². The number of carbonyl (C=O) groups excluding carboxylic acids is 1. The molecule has 0 amide bonds. The number of rotatable bonds is 3. The molecule has 1 rings (SSSR count). The maximum absolute atomic E-state index is 11.2. The van der Waals surface area contributed by atoms with Crippen LogP contribution in [0.15, 0.2) is 41.3 Å². The molecule has 7 heteroatoms. The average Bonchev–Trinajstić information content (AvgIpc) is 2.27. The third-order valence-corrected chi connectivity index (χ3v) is 3.07. The molecule has 0 aliphatic heterocycles.